The number of aromatic nitrogens is 1. The smallest absolute Gasteiger partial charge is 0.145 e. The van der Waals surface area contributed by atoms with Gasteiger partial charge in [-0.25, -0.2) is 0 Å². The molecule has 0 saturated carbocycles. The van der Waals surface area contributed by atoms with Gasteiger partial charge in [-0.2, -0.15) is 0 Å². The third-order valence-corrected chi connectivity index (χ3v) is 3.31. The first-order chi connectivity index (χ1) is 7.88. The van der Waals surface area contributed by atoms with E-state index in [-0.39, 0.29) is 5.60 Å². The molecule has 1 N–H and O–H groups in total. The number of hydrogen-bond acceptors (Lipinski definition) is 4. The number of nitrogens with one attached hydrogen (secondary N) is 1. The highest BCUT2D eigenvalue weighted by atomic mass is 16.7. The fraction of sp³-hybridized carbons (Fsp3) is 0.500. The van der Waals surface area contributed by atoms with Gasteiger partial charge in [-0.15, -0.1) is 0 Å². The fourth-order valence-electron chi connectivity index (χ4n) is 2.34. The van der Waals surface area contributed by atoms with Crippen LogP contribution in [0.1, 0.15) is 25.0 Å². The number of hydrogen-bond donors (Lipinski definition) is 1. The van der Waals surface area contributed by atoms with Crippen molar-refractivity contribution in [3.05, 3.63) is 30.1 Å². The Labute approximate surface area is 94.7 Å². The average molecular weight is 217 g/mol. The van der Waals surface area contributed by atoms with Crippen molar-refractivity contribution in [1.82, 2.24) is 10.3 Å². The molecule has 3 heterocycles. The van der Waals surface area contributed by atoms with Gasteiger partial charge in [0.25, 0.3) is 0 Å². The lowest BCUT2D eigenvalue weighted by atomic mass is 9.87. The summed E-state index contributed by atoms with van der Waals surface area (Å²) in [5.74, 6) is 0. The highest BCUT2D eigenvalue weighted by Crippen LogP contribution is 2.33. The van der Waals surface area contributed by atoms with Gasteiger partial charge in [0.1, 0.15) is 11.3 Å². The maximum absolute atomic E-state index is 5.66. The van der Waals surface area contributed by atoms with E-state index >= 15 is 0 Å². The van der Waals surface area contributed by atoms with E-state index in [9.17, 15) is 0 Å². The van der Waals surface area contributed by atoms with E-state index in [1.54, 1.807) is 6.20 Å². The molecule has 1 saturated heterocycles. The maximum atomic E-state index is 5.66. The lowest BCUT2D eigenvalue weighted by Gasteiger charge is -2.30. The van der Waals surface area contributed by atoms with Crippen LogP contribution in [0.3, 0.4) is 0 Å². The standard InChI is InChI=1S/C12H15N3O/c1-2-6-14-10(3-1)11-9-12(16-15-11)4-7-13-8-5-12/h1-3,6,13H,4-5,7-9H2. The van der Waals surface area contributed by atoms with Gasteiger partial charge in [0.05, 0.1) is 5.69 Å². The van der Waals surface area contributed by atoms with E-state index in [2.05, 4.69) is 15.5 Å². The Hall–Kier alpha value is -1.42. The summed E-state index contributed by atoms with van der Waals surface area (Å²) in [5.41, 5.74) is 1.87. The molecule has 84 valence electrons. The van der Waals surface area contributed by atoms with Crippen LogP contribution >= 0.6 is 0 Å². The number of rotatable bonds is 1. The largest absolute Gasteiger partial charge is 0.388 e. The molecule has 1 aromatic heterocycles. The van der Waals surface area contributed by atoms with E-state index in [4.69, 9.17) is 4.84 Å². The molecule has 0 bridgehead atoms. The van der Waals surface area contributed by atoms with Crippen molar-refractivity contribution in [3.8, 4) is 0 Å². The van der Waals surface area contributed by atoms with E-state index in [0.29, 0.717) is 0 Å². The zero-order valence-corrected chi connectivity index (χ0v) is 9.15. The molecule has 2 aliphatic rings. The van der Waals surface area contributed by atoms with Gasteiger partial charge < -0.3 is 10.2 Å². The Bertz CT molecular complexity index is 396. The van der Waals surface area contributed by atoms with E-state index in [1.165, 1.54) is 0 Å². The molecule has 4 heteroatoms. The fourth-order valence-corrected chi connectivity index (χ4v) is 2.34. The minimum atomic E-state index is -0.0574. The molecule has 2 aliphatic heterocycles. The molecule has 0 atom stereocenters. The summed E-state index contributed by atoms with van der Waals surface area (Å²) >= 11 is 0. The number of oxime groups is 1. The van der Waals surface area contributed by atoms with Crippen LogP contribution in [0.2, 0.25) is 0 Å². The quantitative estimate of drug-likeness (QED) is 0.772. The minimum absolute atomic E-state index is 0.0574. The Morgan fingerprint density at radius 3 is 2.88 bits per heavy atom. The minimum Gasteiger partial charge on any atom is -0.388 e. The predicted molar refractivity (Wildman–Crippen MR) is 61.3 cm³/mol. The molecule has 0 unspecified atom stereocenters. The first kappa shape index (κ1) is 9.78. The molecule has 3 rings (SSSR count). The lowest BCUT2D eigenvalue weighted by molar-refractivity contribution is -0.0400. The first-order valence-corrected chi connectivity index (χ1v) is 5.75. The van der Waals surface area contributed by atoms with Crippen LogP contribution < -0.4 is 5.32 Å². The van der Waals surface area contributed by atoms with Crippen LogP contribution in [0, 0.1) is 0 Å². The van der Waals surface area contributed by atoms with E-state index in [0.717, 1.165) is 43.8 Å². The highest BCUT2D eigenvalue weighted by Gasteiger charge is 2.40. The van der Waals surface area contributed by atoms with Gasteiger partial charge in [0.2, 0.25) is 0 Å². The Balaban J connectivity index is 1.77. The summed E-state index contributed by atoms with van der Waals surface area (Å²) in [6, 6.07) is 5.89. The lowest BCUT2D eigenvalue weighted by Crippen LogP contribution is -2.42. The first-order valence-electron chi connectivity index (χ1n) is 5.75. The summed E-state index contributed by atoms with van der Waals surface area (Å²) in [6.07, 6.45) is 4.76. The molecular formula is C12H15N3O. The molecule has 1 aromatic rings. The zero-order chi connectivity index (χ0) is 10.8. The summed E-state index contributed by atoms with van der Waals surface area (Å²) < 4.78 is 0. The second kappa shape index (κ2) is 3.87. The predicted octanol–water partition coefficient (Wildman–Crippen LogP) is 1.33. The van der Waals surface area contributed by atoms with Crippen molar-refractivity contribution in [2.75, 3.05) is 13.1 Å². The van der Waals surface area contributed by atoms with Crippen LogP contribution in [-0.4, -0.2) is 29.4 Å². The van der Waals surface area contributed by atoms with Gasteiger partial charge in [-0.1, -0.05) is 11.2 Å². The summed E-state index contributed by atoms with van der Waals surface area (Å²) in [6.45, 7) is 2.04. The van der Waals surface area contributed by atoms with Gasteiger partial charge in [-0.3, -0.25) is 4.98 Å². The van der Waals surface area contributed by atoms with Gasteiger partial charge in [0.15, 0.2) is 0 Å². The van der Waals surface area contributed by atoms with Crippen molar-refractivity contribution in [2.45, 2.75) is 24.9 Å². The second-order valence-corrected chi connectivity index (χ2v) is 4.45. The zero-order valence-electron chi connectivity index (χ0n) is 9.15. The monoisotopic (exact) mass is 217 g/mol. The molecule has 1 fully saturated rings. The molecule has 16 heavy (non-hydrogen) atoms. The van der Waals surface area contributed by atoms with Gasteiger partial charge in [-0.05, 0) is 25.2 Å². The van der Waals surface area contributed by atoms with Crippen molar-refractivity contribution < 1.29 is 4.84 Å². The van der Waals surface area contributed by atoms with Crippen LogP contribution in [0.15, 0.2) is 29.6 Å². The van der Waals surface area contributed by atoms with Crippen molar-refractivity contribution in [3.63, 3.8) is 0 Å². The third kappa shape index (κ3) is 1.69. The Morgan fingerprint density at radius 1 is 1.25 bits per heavy atom. The SMILES string of the molecule is c1ccc(C2=NOC3(CCNCC3)C2)nc1. The highest BCUT2D eigenvalue weighted by molar-refractivity contribution is 5.99. The second-order valence-electron chi connectivity index (χ2n) is 4.45. The van der Waals surface area contributed by atoms with Crippen molar-refractivity contribution in [1.29, 1.82) is 0 Å². The third-order valence-electron chi connectivity index (χ3n) is 3.31. The molecular weight excluding hydrogens is 202 g/mol. The van der Waals surface area contributed by atoms with Crippen LogP contribution in [0.25, 0.3) is 0 Å². The van der Waals surface area contributed by atoms with Crippen molar-refractivity contribution in [2.24, 2.45) is 5.16 Å². The summed E-state index contributed by atoms with van der Waals surface area (Å²) in [7, 11) is 0. The molecule has 0 amide bonds. The number of nitrogens with zero attached hydrogens (tertiary/aromatic N) is 2. The Kier molecular flexibility index (Phi) is 2.36. The van der Waals surface area contributed by atoms with E-state index < -0.39 is 0 Å². The average Bonchev–Trinajstić information content (AvgIpc) is 2.75. The van der Waals surface area contributed by atoms with Crippen LogP contribution in [0.5, 0.6) is 0 Å². The number of pyridine rings is 1. The molecule has 0 aliphatic carbocycles. The molecule has 0 aromatic carbocycles. The number of piperidine rings is 1. The normalized spacial score (nSPS) is 22.9. The van der Waals surface area contributed by atoms with Gasteiger partial charge >= 0.3 is 0 Å². The summed E-state index contributed by atoms with van der Waals surface area (Å²) in [5, 5.41) is 7.55. The van der Waals surface area contributed by atoms with E-state index in [1.807, 2.05) is 18.2 Å². The maximum Gasteiger partial charge on any atom is 0.145 e. The molecule has 1 spiro atoms. The van der Waals surface area contributed by atoms with Crippen LogP contribution in [0.4, 0.5) is 0 Å². The topological polar surface area (TPSA) is 46.5 Å². The Morgan fingerprint density at radius 2 is 2.12 bits per heavy atom. The molecule has 4 nitrogen and oxygen atoms in total. The summed E-state index contributed by atoms with van der Waals surface area (Å²) in [4.78, 5) is 9.97. The van der Waals surface area contributed by atoms with Crippen LogP contribution in [-0.2, 0) is 4.84 Å². The van der Waals surface area contributed by atoms with Crippen molar-refractivity contribution >= 4 is 5.71 Å². The molecule has 0 radical (unpaired) electrons. The van der Waals surface area contributed by atoms with Gasteiger partial charge in [0, 0.05) is 25.5 Å².